The molecule has 2 N–H and O–H groups in total. The van der Waals surface area contributed by atoms with Crippen LogP contribution in [0.1, 0.15) is 26.3 Å². The lowest BCUT2D eigenvalue weighted by atomic mass is 10.1. The molecule has 0 spiro atoms. The van der Waals surface area contributed by atoms with E-state index in [1.807, 2.05) is 0 Å². The summed E-state index contributed by atoms with van der Waals surface area (Å²) >= 11 is 11.9. The van der Waals surface area contributed by atoms with Crippen LogP contribution in [-0.4, -0.2) is 18.0 Å². The topological polar surface area (TPSA) is 70.6 Å². The Balaban J connectivity index is 1.72. The van der Waals surface area contributed by atoms with Gasteiger partial charge in [0.1, 0.15) is 0 Å². The van der Waals surface area contributed by atoms with Crippen LogP contribution in [0.3, 0.4) is 0 Å². The van der Waals surface area contributed by atoms with E-state index in [4.69, 9.17) is 23.2 Å². The molecule has 0 aromatic heterocycles. The van der Waals surface area contributed by atoms with Gasteiger partial charge in [0.05, 0.1) is 28.1 Å². The molecule has 0 radical (unpaired) electrons. The molecule has 3 aromatic rings. The minimum absolute atomic E-state index is 0.274. The first-order valence-electron chi connectivity index (χ1n) is 8.28. The second-order valence-corrected chi connectivity index (χ2v) is 6.57. The van der Waals surface area contributed by atoms with Gasteiger partial charge in [-0.05, 0) is 42.0 Å². The lowest BCUT2D eigenvalue weighted by Crippen LogP contribution is -2.21. The van der Waals surface area contributed by atoms with Crippen LogP contribution < -0.4 is 10.7 Å². The number of anilines is 1. The summed E-state index contributed by atoms with van der Waals surface area (Å²) in [5.41, 5.74) is 4.18. The van der Waals surface area contributed by atoms with Crippen LogP contribution in [-0.2, 0) is 0 Å². The standard InChI is InChI=1S/C21H15Cl2N3O2/c22-15-11-9-14(10-12-15)13-24-26-21(28)17-6-2-4-8-19(17)25-20(27)16-5-1-3-7-18(16)23/h1-13H,(H,25,27)(H,26,28)/b24-13-. The summed E-state index contributed by atoms with van der Waals surface area (Å²) in [6, 6.07) is 20.3. The third-order valence-corrected chi connectivity index (χ3v) is 4.37. The van der Waals surface area contributed by atoms with Gasteiger partial charge in [-0.2, -0.15) is 5.10 Å². The fraction of sp³-hybridized carbons (Fsp3) is 0. The summed E-state index contributed by atoms with van der Waals surface area (Å²) in [6.45, 7) is 0. The van der Waals surface area contributed by atoms with E-state index in [1.165, 1.54) is 6.21 Å². The van der Waals surface area contributed by atoms with Crippen molar-refractivity contribution in [3.05, 3.63) is 99.5 Å². The number of rotatable bonds is 5. The summed E-state index contributed by atoms with van der Waals surface area (Å²) in [7, 11) is 0. The molecule has 0 aliphatic carbocycles. The molecule has 0 aliphatic heterocycles. The van der Waals surface area contributed by atoms with Crippen molar-refractivity contribution in [1.82, 2.24) is 5.43 Å². The van der Waals surface area contributed by atoms with Gasteiger partial charge in [0.2, 0.25) is 0 Å². The lowest BCUT2D eigenvalue weighted by molar-refractivity contribution is 0.0956. The molecule has 0 heterocycles. The summed E-state index contributed by atoms with van der Waals surface area (Å²) < 4.78 is 0. The Labute approximate surface area is 172 Å². The summed E-state index contributed by atoms with van der Waals surface area (Å²) in [5.74, 6) is -0.865. The zero-order valence-corrected chi connectivity index (χ0v) is 16.0. The van der Waals surface area contributed by atoms with Crippen LogP contribution in [0.25, 0.3) is 0 Å². The summed E-state index contributed by atoms with van der Waals surface area (Å²) in [5, 5.41) is 7.59. The maximum Gasteiger partial charge on any atom is 0.273 e. The summed E-state index contributed by atoms with van der Waals surface area (Å²) in [6.07, 6.45) is 1.50. The van der Waals surface area contributed by atoms with Crippen molar-refractivity contribution in [2.45, 2.75) is 0 Å². The molecule has 0 aliphatic rings. The maximum absolute atomic E-state index is 12.5. The molecule has 140 valence electrons. The van der Waals surface area contributed by atoms with E-state index in [0.29, 0.717) is 21.3 Å². The number of nitrogens with zero attached hydrogens (tertiary/aromatic N) is 1. The second-order valence-electron chi connectivity index (χ2n) is 5.73. The monoisotopic (exact) mass is 411 g/mol. The van der Waals surface area contributed by atoms with Gasteiger partial charge in [0.15, 0.2) is 0 Å². The molecule has 2 amide bonds. The highest BCUT2D eigenvalue weighted by Crippen LogP contribution is 2.20. The number of benzene rings is 3. The van der Waals surface area contributed by atoms with Crippen LogP contribution in [0.5, 0.6) is 0 Å². The quantitative estimate of drug-likeness (QED) is 0.457. The number of halogens is 2. The van der Waals surface area contributed by atoms with Gasteiger partial charge in [0, 0.05) is 5.02 Å². The van der Waals surface area contributed by atoms with Crippen LogP contribution in [0.2, 0.25) is 10.0 Å². The minimum Gasteiger partial charge on any atom is -0.321 e. The van der Waals surface area contributed by atoms with E-state index < -0.39 is 11.8 Å². The lowest BCUT2D eigenvalue weighted by Gasteiger charge is -2.10. The third kappa shape index (κ3) is 4.97. The Morgan fingerprint density at radius 2 is 1.43 bits per heavy atom. The SMILES string of the molecule is O=C(Nc1ccccc1C(=O)N/N=C\c1ccc(Cl)cc1)c1ccccc1Cl. The first-order chi connectivity index (χ1) is 13.5. The number of carbonyl (C=O) groups excluding carboxylic acids is 2. The van der Waals surface area contributed by atoms with Crippen molar-refractivity contribution >= 4 is 46.9 Å². The van der Waals surface area contributed by atoms with Crippen LogP contribution in [0.4, 0.5) is 5.69 Å². The molecule has 28 heavy (non-hydrogen) atoms. The van der Waals surface area contributed by atoms with E-state index in [-0.39, 0.29) is 5.56 Å². The van der Waals surface area contributed by atoms with Crippen molar-refractivity contribution in [1.29, 1.82) is 0 Å². The van der Waals surface area contributed by atoms with Gasteiger partial charge < -0.3 is 5.32 Å². The molecule has 7 heteroatoms. The van der Waals surface area contributed by atoms with Gasteiger partial charge in [-0.15, -0.1) is 0 Å². The van der Waals surface area contributed by atoms with Crippen LogP contribution >= 0.6 is 23.2 Å². The molecule has 0 saturated carbocycles. The predicted molar refractivity (Wildman–Crippen MR) is 112 cm³/mol. The van der Waals surface area contributed by atoms with E-state index >= 15 is 0 Å². The highest BCUT2D eigenvalue weighted by atomic mass is 35.5. The molecule has 0 saturated heterocycles. The Kier molecular flexibility index (Phi) is 6.42. The minimum atomic E-state index is -0.458. The normalized spacial score (nSPS) is 10.6. The van der Waals surface area contributed by atoms with Crippen LogP contribution in [0, 0.1) is 0 Å². The Morgan fingerprint density at radius 1 is 0.786 bits per heavy atom. The van der Waals surface area contributed by atoms with Gasteiger partial charge >= 0.3 is 0 Å². The zero-order valence-electron chi connectivity index (χ0n) is 14.5. The van der Waals surface area contributed by atoms with E-state index in [2.05, 4.69) is 15.8 Å². The van der Waals surface area contributed by atoms with E-state index in [1.54, 1.807) is 72.8 Å². The molecule has 3 aromatic carbocycles. The second kappa shape index (κ2) is 9.17. The number of amides is 2. The molecule has 0 unspecified atom stereocenters. The summed E-state index contributed by atoms with van der Waals surface area (Å²) in [4.78, 5) is 24.9. The third-order valence-electron chi connectivity index (χ3n) is 3.79. The highest BCUT2D eigenvalue weighted by molar-refractivity contribution is 6.34. The predicted octanol–water partition coefficient (Wildman–Crippen LogP) is 5.01. The number of para-hydroxylation sites is 1. The first-order valence-corrected chi connectivity index (χ1v) is 9.04. The van der Waals surface area contributed by atoms with Crippen molar-refractivity contribution < 1.29 is 9.59 Å². The Bertz CT molecular complexity index is 1030. The van der Waals surface area contributed by atoms with Gasteiger partial charge in [-0.25, -0.2) is 5.43 Å². The average molecular weight is 412 g/mol. The smallest absolute Gasteiger partial charge is 0.273 e. The number of nitrogens with one attached hydrogen (secondary N) is 2. The fourth-order valence-electron chi connectivity index (χ4n) is 2.40. The highest BCUT2D eigenvalue weighted by Gasteiger charge is 2.15. The van der Waals surface area contributed by atoms with Crippen LogP contribution in [0.15, 0.2) is 77.9 Å². The molecule has 5 nitrogen and oxygen atoms in total. The van der Waals surface area contributed by atoms with E-state index in [0.717, 1.165) is 5.56 Å². The Hall–Kier alpha value is -3.15. The largest absolute Gasteiger partial charge is 0.321 e. The van der Waals surface area contributed by atoms with Crippen molar-refractivity contribution in [2.75, 3.05) is 5.32 Å². The number of hydrogen-bond acceptors (Lipinski definition) is 3. The zero-order chi connectivity index (χ0) is 19.9. The average Bonchev–Trinajstić information content (AvgIpc) is 2.70. The molecule has 0 atom stereocenters. The first kappa shape index (κ1) is 19.6. The number of carbonyl (C=O) groups is 2. The fourth-order valence-corrected chi connectivity index (χ4v) is 2.75. The number of hydrogen-bond donors (Lipinski definition) is 2. The van der Waals surface area contributed by atoms with Gasteiger partial charge in [0.25, 0.3) is 11.8 Å². The molecular weight excluding hydrogens is 397 g/mol. The molecule has 0 fully saturated rings. The maximum atomic E-state index is 12.5. The number of hydrazone groups is 1. The van der Waals surface area contributed by atoms with Gasteiger partial charge in [-0.3, -0.25) is 9.59 Å². The van der Waals surface area contributed by atoms with E-state index in [9.17, 15) is 9.59 Å². The van der Waals surface area contributed by atoms with Crippen molar-refractivity contribution in [2.24, 2.45) is 5.10 Å². The molecule has 0 bridgehead atoms. The van der Waals surface area contributed by atoms with Gasteiger partial charge in [-0.1, -0.05) is 59.6 Å². The Morgan fingerprint density at radius 3 is 2.14 bits per heavy atom. The van der Waals surface area contributed by atoms with Crippen molar-refractivity contribution in [3.63, 3.8) is 0 Å². The van der Waals surface area contributed by atoms with Crippen molar-refractivity contribution in [3.8, 4) is 0 Å². The molecular formula is C21H15Cl2N3O2. The molecule has 3 rings (SSSR count).